The minimum atomic E-state index is -0.354. The summed E-state index contributed by atoms with van der Waals surface area (Å²) < 4.78 is 13.6. The Hall–Kier alpha value is -1.81. The van der Waals surface area contributed by atoms with Gasteiger partial charge in [0, 0.05) is 10.5 Å². The number of carbonyl (C=O) groups excluding carboxylic acids is 1. The van der Waals surface area contributed by atoms with E-state index >= 15 is 0 Å². The molecule has 0 aliphatic heterocycles. The summed E-state index contributed by atoms with van der Waals surface area (Å²) in [5, 5.41) is 2.80. The van der Waals surface area contributed by atoms with Gasteiger partial charge in [0.1, 0.15) is 5.82 Å². The molecule has 2 aromatic carbocycles. The highest BCUT2D eigenvalue weighted by Gasteiger charge is 2.13. The van der Waals surface area contributed by atoms with E-state index in [9.17, 15) is 9.18 Å². The molecule has 0 aliphatic carbocycles. The molecular formula is C16H16FNOS. The first-order valence-electron chi connectivity index (χ1n) is 6.38. The highest BCUT2D eigenvalue weighted by atomic mass is 32.1. The molecule has 2 aromatic rings. The Bertz CT molecular complexity index is 598. The lowest BCUT2D eigenvalue weighted by Gasteiger charge is -2.15. The molecule has 104 valence electrons. The van der Waals surface area contributed by atoms with Gasteiger partial charge in [0.15, 0.2) is 0 Å². The van der Waals surface area contributed by atoms with Gasteiger partial charge in [0.2, 0.25) is 5.91 Å². The van der Waals surface area contributed by atoms with Gasteiger partial charge < -0.3 is 5.32 Å². The van der Waals surface area contributed by atoms with E-state index in [-0.39, 0.29) is 24.2 Å². The Morgan fingerprint density at radius 1 is 1.20 bits per heavy atom. The zero-order valence-corrected chi connectivity index (χ0v) is 12.0. The van der Waals surface area contributed by atoms with Crippen molar-refractivity contribution in [3.63, 3.8) is 0 Å². The first-order valence-corrected chi connectivity index (χ1v) is 6.82. The molecule has 0 aromatic heterocycles. The van der Waals surface area contributed by atoms with Gasteiger partial charge in [-0.3, -0.25) is 4.79 Å². The Morgan fingerprint density at radius 3 is 2.50 bits per heavy atom. The van der Waals surface area contributed by atoms with E-state index in [1.807, 2.05) is 24.3 Å². The lowest BCUT2D eigenvalue weighted by molar-refractivity contribution is -0.121. The Balaban J connectivity index is 1.98. The number of amides is 1. The molecule has 2 nitrogen and oxygen atoms in total. The van der Waals surface area contributed by atoms with Gasteiger partial charge in [-0.2, -0.15) is 0 Å². The summed E-state index contributed by atoms with van der Waals surface area (Å²) >= 11 is 4.19. The SMILES string of the molecule is CC(NC(=O)Cc1ccc(S)cc1)c1ccccc1F. The third-order valence-electron chi connectivity index (χ3n) is 3.05. The molecule has 0 aliphatic rings. The van der Waals surface area contributed by atoms with Crippen LogP contribution in [0.2, 0.25) is 0 Å². The van der Waals surface area contributed by atoms with Crippen molar-refractivity contribution in [1.29, 1.82) is 0 Å². The first-order chi connectivity index (χ1) is 9.56. The molecule has 0 fully saturated rings. The Morgan fingerprint density at radius 2 is 1.85 bits per heavy atom. The fourth-order valence-electron chi connectivity index (χ4n) is 2.00. The average Bonchev–Trinajstić information content (AvgIpc) is 2.41. The predicted octanol–water partition coefficient (Wildman–Crippen LogP) is 3.53. The minimum absolute atomic E-state index is 0.132. The molecule has 0 heterocycles. The smallest absolute Gasteiger partial charge is 0.224 e. The van der Waals surface area contributed by atoms with Crippen LogP contribution in [-0.2, 0) is 11.2 Å². The summed E-state index contributed by atoms with van der Waals surface area (Å²) in [5.74, 6) is -0.438. The van der Waals surface area contributed by atoms with Crippen molar-refractivity contribution < 1.29 is 9.18 Å². The highest BCUT2D eigenvalue weighted by Crippen LogP contribution is 2.16. The number of rotatable bonds is 4. The third kappa shape index (κ3) is 3.84. The van der Waals surface area contributed by atoms with Gasteiger partial charge in [-0.15, -0.1) is 12.6 Å². The molecule has 1 N–H and O–H groups in total. The van der Waals surface area contributed by atoms with Crippen LogP contribution in [0.3, 0.4) is 0 Å². The van der Waals surface area contributed by atoms with E-state index in [0.717, 1.165) is 10.5 Å². The van der Waals surface area contributed by atoms with Gasteiger partial charge in [0.25, 0.3) is 0 Å². The van der Waals surface area contributed by atoms with Crippen molar-refractivity contribution in [2.45, 2.75) is 24.3 Å². The van der Waals surface area contributed by atoms with Crippen LogP contribution < -0.4 is 5.32 Å². The van der Waals surface area contributed by atoms with Gasteiger partial charge in [-0.05, 0) is 30.7 Å². The molecule has 1 atom stereocenters. The van der Waals surface area contributed by atoms with Crippen LogP contribution in [0.1, 0.15) is 24.1 Å². The summed E-state index contributed by atoms with van der Waals surface area (Å²) in [6, 6.07) is 13.5. The maximum absolute atomic E-state index is 13.6. The highest BCUT2D eigenvalue weighted by molar-refractivity contribution is 7.80. The topological polar surface area (TPSA) is 29.1 Å². The van der Waals surface area contributed by atoms with E-state index in [1.165, 1.54) is 6.07 Å². The number of carbonyl (C=O) groups is 1. The third-order valence-corrected chi connectivity index (χ3v) is 3.35. The van der Waals surface area contributed by atoms with Crippen LogP contribution in [0.25, 0.3) is 0 Å². The fraction of sp³-hybridized carbons (Fsp3) is 0.188. The summed E-state index contributed by atoms with van der Waals surface area (Å²) in [4.78, 5) is 12.8. The lowest BCUT2D eigenvalue weighted by Crippen LogP contribution is -2.28. The van der Waals surface area contributed by atoms with Crippen LogP contribution in [0.15, 0.2) is 53.4 Å². The molecule has 0 spiro atoms. The van der Waals surface area contributed by atoms with Crippen molar-refractivity contribution >= 4 is 18.5 Å². The van der Waals surface area contributed by atoms with Crippen LogP contribution >= 0.6 is 12.6 Å². The molecule has 0 radical (unpaired) electrons. The monoisotopic (exact) mass is 289 g/mol. The predicted molar refractivity (Wildman–Crippen MR) is 80.4 cm³/mol. The van der Waals surface area contributed by atoms with Crippen molar-refractivity contribution in [3.8, 4) is 0 Å². The number of benzene rings is 2. The molecule has 0 bridgehead atoms. The number of thiol groups is 1. The summed E-state index contributed by atoms with van der Waals surface area (Å²) in [6.07, 6.45) is 0.271. The second kappa shape index (κ2) is 6.57. The van der Waals surface area contributed by atoms with E-state index in [2.05, 4.69) is 17.9 Å². The number of hydrogen-bond acceptors (Lipinski definition) is 2. The van der Waals surface area contributed by atoms with E-state index < -0.39 is 0 Å². The van der Waals surface area contributed by atoms with Gasteiger partial charge in [-0.1, -0.05) is 30.3 Å². The Kier molecular flexibility index (Phi) is 4.79. The molecule has 0 saturated heterocycles. The van der Waals surface area contributed by atoms with Gasteiger partial charge in [0.05, 0.1) is 12.5 Å². The summed E-state index contributed by atoms with van der Waals surface area (Å²) in [6.45, 7) is 1.77. The molecule has 2 rings (SSSR count). The second-order valence-corrected chi connectivity index (χ2v) is 5.17. The quantitative estimate of drug-likeness (QED) is 0.828. The number of nitrogens with one attached hydrogen (secondary N) is 1. The summed E-state index contributed by atoms with van der Waals surface area (Å²) in [7, 11) is 0. The van der Waals surface area contributed by atoms with Crippen LogP contribution in [0.5, 0.6) is 0 Å². The summed E-state index contributed by atoms with van der Waals surface area (Å²) in [5.41, 5.74) is 1.40. The van der Waals surface area contributed by atoms with Crippen molar-refractivity contribution in [2.75, 3.05) is 0 Å². The maximum Gasteiger partial charge on any atom is 0.224 e. The first kappa shape index (κ1) is 14.6. The Labute approximate surface area is 123 Å². The fourth-order valence-corrected chi connectivity index (χ4v) is 2.14. The molecule has 4 heteroatoms. The minimum Gasteiger partial charge on any atom is -0.349 e. The zero-order chi connectivity index (χ0) is 14.5. The molecule has 0 saturated carbocycles. The molecular weight excluding hydrogens is 273 g/mol. The van der Waals surface area contributed by atoms with Gasteiger partial charge >= 0.3 is 0 Å². The van der Waals surface area contributed by atoms with Crippen molar-refractivity contribution in [2.24, 2.45) is 0 Å². The number of hydrogen-bond donors (Lipinski definition) is 2. The normalized spacial score (nSPS) is 11.9. The molecule has 20 heavy (non-hydrogen) atoms. The zero-order valence-electron chi connectivity index (χ0n) is 11.1. The second-order valence-electron chi connectivity index (χ2n) is 4.65. The maximum atomic E-state index is 13.6. The van der Waals surface area contributed by atoms with E-state index in [0.29, 0.717) is 5.56 Å². The number of halogens is 1. The van der Waals surface area contributed by atoms with E-state index in [1.54, 1.807) is 25.1 Å². The van der Waals surface area contributed by atoms with Crippen LogP contribution in [0, 0.1) is 5.82 Å². The van der Waals surface area contributed by atoms with E-state index in [4.69, 9.17) is 0 Å². The van der Waals surface area contributed by atoms with Crippen molar-refractivity contribution in [1.82, 2.24) is 5.32 Å². The van der Waals surface area contributed by atoms with Gasteiger partial charge in [-0.25, -0.2) is 4.39 Å². The van der Waals surface area contributed by atoms with Crippen LogP contribution in [0.4, 0.5) is 4.39 Å². The molecule has 1 amide bonds. The largest absolute Gasteiger partial charge is 0.349 e. The van der Waals surface area contributed by atoms with Crippen LogP contribution in [-0.4, -0.2) is 5.91 Å². The lowest BCUT2D eigenvalue weighted by atomic mass is 10.1. The molecule has 1 unspecified atom stereocenters. The standard InChI is InChI=1S/C16H16FNOS/c1-11(14-4-2-3-5-15(14)17)18-16(19)10-12-6-8-13(20)9-7-12/h2-9,11,20H,10H2,1H3,(H,18,19). The average molecular weight is 289 g/mol. The van der Waals surface area contributed by atoms with Crippen molar-refractivity contribution in [3.05, 3.63) is 65.5 Å².